The van der Waals surface area contributed by atoms with Gasteiger partial charge in [-0.2, -0.15) is 0 Å². The van der Waals surface area contributed by atoms with Gasteiger partial charge in [-0.05, 0) is 70.1 Å². The highest BCUT2D eigenvalue weighted by Gasteiger charge is 2.20. The van der Waals surface area contributed by atoms with Crippen LogP contribution in [0.5, 0.6) is 0 Å². The molecular weight excluding hydrogens is 705 g/mol. The van der Waals surface area contributed by atoms with Gasteiger partial charge in [-0.3, -0.25) is 0 Å². The van der Waals surface area contributed by atoms with Crippen LogP contribution in [0.2, 0.25) is 0 Å². The van der Waals surface area contributed by atoms with Gasteiger partial charge in [0, 0.05) is 49.6 Å². The average molecular weight is 739 g/mol. The van der Waals surface area contributed by atoms with Crippen molar-refractivity contribution in [3.63, 3.8) is 0 Å². The Labute approximate surface area is 334 Å². The van der Waals surface area contributed by atoms with E-state index in [-0.39, 0.29) is 0 Å². The maximum Gasteiger partial charge on any atom is 0.161 e. The van der Waals surface area contributed by atoms with Crippen molar-refractivity contribution in [3.05, 3.63) is 206 Å². The predicted octanol–water partition coefficient (Wildman–Crippen LogP) is 14.0. The smallest absolute Gasteiger partial charge is 0.161 e. The number of aromatic nitrogens is 4. The van der Waals surface area contributed by atoms with Crippen LogP contribution < -0.4 is 0 Å². The Morgan fingerprint density at radius 2 is 0.672 bits per heavy atom. The van der Waals surface area contributed by atoms with Crippen LogP contribution in [-0.2, 0) is 0 Å². The molecule has 12 aromatic rings. The van der Waals surface area contributed by atoms with E-state index in [2.05, 4.69) is 215 Å². The highest BCUT2D eigenvalue weighted by atomic mass is 15.0. The Kier molecular flexibility index (Phi) is 7.20. The summed E-state index contributed by atoms with van der Waals surface area (Å²) in [5, 5.41) is 9.50. The molecule has 0 spiro atoms. The average Bonchev–Trinajstić information content (AvgIpc) is 3.81. The summed E-state index contributed by atoms with van der Waals surface area (Å²) in [4.78, 5) is 10.9. The molecule has 0 radical (unpaired) electrons. The second-order valence-corrected chi connectivity index (χ2v) is 15.0. The Balaban J connectivity index is 1.20. The molecule has 270 valence electrons. The molecule has 3 aromatic heterocycles. The zero-order valence-electron chi connectivity index (χ0n) is 31.4. The lowest BCUT2D eigenvalue weighted by atomic mass is 9.99. The van der Waals surface area contributed by atoms with Crippen molar-refractivity contribution < 1.29 is 0 Å². The molecule has 3 heterocycles. The Bertz CT molecular complexity index is 3240. The minimum Gasteiger partial charge on any atom is -0.309 e. The third-order valence-corrected chi connectivity index (χ3v) is 11.7. The number of para-hydroxylation sites is 4. The number of nitrogens with zero attached hydrogens (tertiary/aromatic N) is 4. The molecular formula is C54H34N4. The van der Waals surface area contributed by atoms with Crippen molar-refractivity contribution >= 4 is 65.2 Å². The molecule has 12 rings (SSSR count). The number of hydrogen-bond donors (Lipinski definition) is 0. The summed E-state index contributed by atoms with van der Waals surface area (Å²) in [6.07, 6.45) is 0. The van der Waals surface area contributed by atoms with Gasteiger partial charge >= 0.3 is 0 Å². The van der Waals surface area contributed by atoms with Crippen molar-refractivity contribution in [1.82, 2.24) is 19.1 Å². The molecule has 0 atom stereocenters. The highest BCUT2D eigenvalue weighted by Crippen LogP contribution is 2.39. The van der Waals surface area contributed by atoms with Crippen LogP contribution in [0.1, 0.15) is 0 Å². The molecule has 0 fully saturated rings. The van der Waals surface area contributed by atoms with E-state index in [1.165, 1.54) is 26.9 Å². The van der Waals surface area contributed by atoms with E-state index >= 15 is 0 Å². The van der Waals surface area contributed by atoms with Crippen LogP contribution in [0.25, 0.3) is 110 Å². The summed E-state index contributed by atoms with van der Waals surface area (Å²) in [6.45, 7) is 0. The van der Waals surface area contributed by atoms with E-state index in [0.29, 0.717) is 5.82 Å². The Hall–Kier alpha value is -7.82. The summed E-state index contributed by atoms with van der Waals surface area (Å²) >= 11 is 0. The van der Waals surface area contributed by atoms with Crippen LogP contribution in [-0.4, -0.2) is 19.1 Å². The van der Waals surface area contributed by atoms with Gasteiger partial charge in [0.25, 0.3) is 0 Å². The van der Waals surface area contributed by atoms with Gasteiger partial charge < -0.3 is 9.13 Å². The minimum absolute atomic E-state index is 0.693. The molecule has 0 aliphatic heterocycles. The molecule has 0 aliphatic rings. The van der Waals surface area contributed by atoms with E-state index in [0.717, 1.165) is 77.7 Å². The fourth-order valence-corrected chi connectivity index (χ4v) is 9.13. The molecule has 0 unspecified atom stereocenters. The van der Waals surface area contributed by atoms with E-state index in [1.54, 1.807) is 0 Å². The fourth-order valence-electron chi connectivity index (χ4n) is 9.13. The molecule has 0 saturated heterocycles. The standard InChI is InChI=1S/C54H34N4/c1-3-19-40-35(15-1)17-13-25-42(40)49-34-48(55-54(56-49)47-26-14-18-36-16-2-4-20-41(36)47)37-31-38(57-50-27-9-5-21-43(50)44-22-6-10-28-51(44)57)33-39(32-37)58-52-29-11-7-23-45(52)46-24-8-12-30-53(46)58/h1-34H. The first-order chi connectivity index (χ1) is 28.8. The van der Waals surface area contributed by atoms with Crippen LogP contribution in [0.15, 0.2) is 206 Å². The Morgan fingerprint density at radius 3 is 1.17 bits per heavy atom. The van der Waals surface area contributed by atoms with Gasteiger partial charge in [0.1, 0.15) is 0 Å². The summed E-state index contributed by atoms with van der Waals surface area (Å²) < 4.78 is 4.81. The molecule has 58 heavy (non-hydrogen) atoms. The Morgan fingerprint density at radius 1 is 0.293 bits per heavy atom. The molecule has 9 aromatic carbocycles. The van der Waals surface area contributed by atoms with Gasteiger partial charge in [-0.15, -0.1) is 0 Å². The molecule has 4 nitrogen and oxygen atoms in total. The number of fused-ring (bicyclic) bond motifs is 8. The van der Waals surface area contributed by atoms with Gasteiger partial charge in [-0.25, -0.2) is 9.97 Å². The lowest BCUT2D eigenvalue weighted by molar-refractivity contribution is 1.13. The molecule has 0 amide bonds. The van der Waals surface area contributed by atoms with Crippen LogP contribution in [0, 0.1) is 0 Å². The largest absolute Gasteiger partial charge is 0.309 e. The fraction of sp³-hybridized carbons (Fsp3) is 0. The van der Waals surface area contributed by atoms with E-state index in [1.807, 2.05) is 0 Å². The monoisotopic (exact) mass is 738 g/mol. The molecule has 0 N–H and O–H groups in total. The maximum absolute atomic E-state index is 5.49. The van der Waals surface area contributed by atoms with Gasteiger partial charge in [0.15, 0.2) is 5.82 Å². The number of hydrogen-bond acceptors (Lipinski definition) is 2. The normalized spacial score (nSPS) is 11.8. The van der Waals surface area contributed by atoms with E-state index in [9.17, 15) is 0 Å². The molecule has 0 saturated carbocycles. The second-order valence-electron chi connectivity index (χ2n) is 15.0. The maximum atomic E-state index is 5.49. The number of benzene rings is 9. The van der Waals surface area contributed by atoms with Gasteiger partial charge in [-0.1, -0.05) is 158 Å². The van der Waals surface area contributed by atoms with Crippen molar-refractivity contribution in [1.29, 1.82) is 0 Å². The summed E-state index contributed by atoms with van der Waals surface area (Å²) in [6, 6.07) is 73.9. The quantitative estimate of drug-likeness (QED) is 0.176. The summed E-state index contributed by atoms with van der Waals surface area (Å²) in [5.74, 6) is 0.693. The van der Waals surface area contributed by atoms with Crippen molar-refractivity contribution in [3.8, 4) is 45.3 Å². The zero-order valence-corrected chi connectivity index (χ0v) is 31.4. The molecule has 0 bridgehead atoms. The van der Waals surface area contributed by atoms with Crippen molar-refractivity contribution in [2.45, 2.75) is 0 Å². The van der Waals surface area contributed by atoms with E-state index < -0.39 is 0 Å². The van der Waals surface area contributed by atoms with Crippen LogP contribution in [0.3, 0.4) is 0 Å². The van der Waals surface area contributed by atoms with Crippen molar-refractivity contribution in [2.75, 3.05) is 0 Å². The van der Waals surface area contributed by atoms with Gasteiger partial charge in [0.05, 0.1) is 33.5 Å². The van der Waals surface area contributed by atoms with Crippen LogP contribution in [0.4, 0.5) is 0 Å². The van der Waals surface area contributed by atoms with Crippen molar-refractivity contribution in [2.24, 2.45) is 0 Å². The minimum atomic E-state index is 0.693. The predicted molar refractivity (Wildman–Crippen MR) is 242 cm³/mol. The summed E-state index contributed by atoms with van der Waals surface area (Å²) in [5.41, 5.74) is 11.6. The highest BCUT2D eigenvalue weighted by molar-refractivity contribution is 6.11. The van der Waals surface area contributed by atoms with E-state index in [4.69, 9.17) is 9.97 Å². The number of rotatable bonds is 5. The lowest BCUT2D eigenvalue weighted by Gasteiger charge is -2.17. The molecule has 4 heteroatoms. The summed E-state index contributed by atoms with van der Waals surface area (Å²) in [7, 11) is 0. The first kappa shape index (κ1) is 32.4. The zero-order chi connectivity index (χ0) is 38.2. The molecule has 0 aliphatic carbocycles. The first-order valence-electron chi connectivity index (χ1n) is 19.7. The third-order valence-electron chi connectivity index (χ3n) is 11.7. The lowest BCUT2D eigenvalue weighted by Crippen LogP contribution is -2.02. The van der Waals surface area contributed by atoms with Crippen LogP contribution >= 0.6 is 0 Å². The first-order valence-corrected chi connectivity index (χ1v) is 19.7. The second kappa shape index (κ2) is 12.9. The third kappa shape index (κ3) is 5.02. The topological polar surface area (TPSA) is 35.6 Å². The van der Waals surface area contributed by atoms with Gasteiger partial charge in [0.2, 0.25) is 0 Å². The SMILES string of the molecule is c1ccc2c(-c3cc(-c4cc(-n5c6ccccc6c6ccccc65)cc(-n5c6ccccc6c6ccccc65)c4)nc(-c4cccc5ccccc45)n3)cccc2c1.